The second-order valence-electron chi connectivity index (χ2n) is 12.0. The Labute approximate surface area is 234 Å². The van der Waals surface area contributed by atoms with E-state index >= 15 is 0 Å². The van der Waals surface area contributed by atoms with Gasteiger partial charge >= 0.3 is 0 Å². The number of amides is 1. The summed E-state index contributed by atoms with van der Waals surface area (Å²) in [5.41, 5.74) is 4.37. The summed E-state index contributed by atoms with van der Waals surface area (Å²) in [5, 5.41) is 27.1. The van der Waals surface area contributed by atoms with E-state index in [1.165, 1.54) is 35.5 Å². The van der Waals surface area contributed by atoms with Gasteiger partial charge in [0.1, 0.15) is 11.6 Å². The van der Waals surface area contributed by atoms with Crippen molar-refractivity contribution in [3.63, 3.8) is 0 Å². The van der Waals surface area contributed by atoms with Crippen LogP contribution in [-0.4, -0.2) is 33.5 Å². The Hall–Kier alpha value is -3.74. The first-order valence-electron chi connectivity index (χ1n) is 14.4. The molecule has 1 heterocycles. The van der Waals surface area contributed by atoms with Gasteiger partial charge in [-0.3, -0.25) is 9.78 Å². The number of hydrogen-bond acceptors (Lipinski definition) is 5. The number of hydrogen-bond donors (Lipinski definition) is 3. The Morgan fingerprint density at radius 1 is 1.18 bits per heavy atom. The number of pyridine rings is 1. The second kappa shape index (κ2) is 10.7. The molecule has 0 radical (unpaired) electrons. The zero-order valence-corrected chi connectivity index (χ0v) is 22.8. The van der Waals surface area contributed by atoms with E-state index in [2.05, 4.69) is 46.6 Å². The van der Waals surface area contributed by atoms with Gasteiger partial charge in [-0.05, 0) is 97.6 Å². The number of halogens is 1. The second-order valence-corrected chi connectivity index (χ2v) is 12.0. The number of aromatic nitrogens is 1. The van der Waals surface area contributed by atoms with E-state index in [9.17, 15) is 19.5 Å². The van der Waals surface area contributed by atoms with Gasteiger partial charge in [-0.15, -0.1) is 0 Å². The molecule has 0 bridgehead atoms. The highest BCUT2D eigenvalue weighted by molar-refractivity contribution is 5.96. The van der Waals surface area contributed by atoms with Crippen LogP contribution >= 0.6 is 0 Å². The molecule has 0 saturated heterocycles. The van der Waals surface area contributed by atoms with Crippen LogP contribution in [0.1, 0.15) is 78.0 Å². The summed E-state index contributed by atoms with van der Waals surface area (Å²) in [7, 11) is 0. The Bertz CT molecular complexity index is 1440. The van der Waals surface area contributed by atoms with Crippen molar-refractivity contribution in [3.8, 4) is 5.75 Å². The molecule has 2 fully saturated rings. The van der Waals surface area contributed by atoms with Gasteiger partial charge in [-0.2, -0.15) is 0 Å². The van der Waals surface area contributed by atoms with Crippen molar-refractivity contribution < 1.29 is 19.5 Å². The molecule has 3 aromatic rings. The van der Waals surface area contributed by atoms with Crippen LogP contribution in [0.3, 0.4) is 0 Å². The van der Waals surface area contributed by atoms with E-state index in [1.807, 2.05) is 0 Å². The molecule has 4 unspecified atom stereocenters. The molecular weight excluding hydrogens is 505 g/mol. The molecule has 6 rings (SSSR count). The fourth-order valence-corrected chi connectivity index (χ4v) is 8.34. The largest absolute Gasteiger partial charge is 0.507 e. The lowest BCUT2D eigenvalue weighted by molar-refractivity contribution is 0.0476. The summed E-state index contributed by atoms with van der Waals surface area (Å²) in [6, 6.07) is 18.1. The third-order valence-corrected chi connectivity index (χ3v) is 10.1. The molecule has 3 aliphatic carbocycles. The molecule has 3 N–H and O–H groups in total. The van der Waals surface area contributed by atoms with E-state index in [4.69, 9.17) is 0 Å². The highest BCUT2D eigenvalue weighted by Gasteiger charge is 2.59. The zero-order chi connectivity index (χ0) is 27.9. The SMILES string of the molecule is C[C@]12CCC3c4ccccc4CCC3C1[C@H](C(CCNC(=O)c1ccccc1O)c1cc(F)ccn1)C/C2=N\O. The number of aryl methyl sites for hydroxylation is 1. The van der Waals surface area contributed by atoms with Crippen molar-refractivity contribution in [2.24, 2.45) is 28.3 Å². The average molecular weight is 542 g/mol. The van der Waals surface area contributed by atoms with Crippen molar-refractivity contribution in [3.05, 3.63) is 95.1 Å². The van der Waals surface area contributed by atoms with Gasteiger partial charge in [0, 0.05) is 29.8 Å². The topological polar surface area (TPSA) is 94.8 Å². The Morgan fingerprint density at radius 2 is 1.98 bits per heavy atom. The monoisotopic (exact) mass is 541 g/mol. The highest BCUT2D eigenvalue weighted by atomic mass is 19.1. The predicted octanol–water partition coefficient (Wildman–Crippen LogP) is 6.44. The van der Waals surface area contributed by atoms with E-state index in [0.717, 1.165) is 31.4 Å². The average Bonchev–Trinajstić information content (AvgIpc) is 3.27. The van der Waals surface area contributed by atoms with Crippen LogP contribution in [0, 0.1) is 29.0 Å². The smallest absolute Gasteiger partial charge is 0.255 e. The number of carbonyl (C=O) groups is 1. The molecule has 3 aliphatic rings. The van der Waals surface area contributed by atoms with Crippen molar-refractivity contribution in [2.45, 2.75) is 57.3 Å². The molecule has 7 heteroatoms. The number of carbonyl (C=O) groups excluding carboxylic acids is 1. The number of aromatic hydroxyl groups is 1. The van der Waals surface area contributed by atoms with E-state index < -0.39 is 0 Å². The van der Waals surface area contributed by atoms with Crippen LogP contribution in [0.2, 0.25) is 0 Å². The summed E-state index contributed by atoms with van der Waals surface area (Å²) in [5.74, 6) is 0.317. The number of oxime groups is 1. The van der Waals surface area contributed by atoms with Gasteiger partial charge in [0.25, 0.3) is 5.91 Å². The molecule has 6 nitrogen and oxygen atoms in total. The summed E-state index contributed by atoms with van der Waals surface area (Å²) in [4.78, 5) is 17.5. The molecule has 2 saturated carbocycles. The van der Waals surface area contributed by atoms with Crippen molar-refractivity contribution in [1.82, 2.24) is 10.3 Å². The third kappa shape index (κ3) is 4.55. The zero-order valence-electron chi connectivity index (χ0n) is 22.8. The van der Waals surface area contributed by atoms with E-state index in [0.29, 0.717) is 36.9 Å². The van der Waals surface area contributed by atoms with Crippen LogP contribution < -0.4 is 5.32 Å². The molecular formula is C33H36FN3O3. The number of rotatable bonds is 6. The summed E-state index contributed by atoms with van der Waals surface area (Å²) in [6.45, 7) is 2.60. The molecule has 208 valence electrons. The standard InChI is InChI=1S/C33H36FN3O3/c1-33-15-12-23-22-7-3-2-6-20(22)10-11-25(23)31(33)27(19-30(33)37-40)24(28-18-21(34)13-16-35-28)14-17-36-32(39)26-8-4-5-9-29(26)38/h2-9,13,16,18,23-25,27,31,38,40H,10-12,14-15,17,19H2,1H3,(H,36,39)/b37-30+/t23?,24?,25?,27-,31?,33+/m0/s1. The van der Waals surface area contributed by atoms with Crippen molar-refractivity contribution in [1.29, 1.82) is 0 Å². The minimum absolute atomic E-state index is 0.0652. The van der Waals surface area contributed by atoms with Crippen LogP contribution in [0.25, 0.3) is 0 Å². The number of phenolic OH excluding ortho intramolecular Hbond substituents is 1. The minimum atomic E-state index is -0.348. The van der Waals surface area contributed by atoms with Crippen LogP contribution in [-0.2, 0) is 6.42 Å². The van der Waals surface area contributed by atoms with Crippen molar-refractivity contribution >= 4 is 11.6 Å². The number of fused-ring (bicyclic) bond motifs is 5. The quantitative estimate of drug-likeness (QED) is 0.247. The van der Waals surface area contributed by atoms with Gasteiger partial charge in [-0.25, -0.2) is 4.39 Å². The number of nitrogens with one attached hydrogen (secondary N) is 1. The first kappa shape index (κ1) is 26.5. The molecule has 0 aliphatic heterocycles. The fourth-order valence-electron chi connectivity index (χ4n) is 8.34. The molecule has 1 amide bonds. The van der Waals surface area contributed by atoms with Gasteiger partial charge in [0.15, 0.2) is 0 Å². The number of para-hydroxylation sites is 1. The van der Waals surface area contributed by atoms with E-state index in [1.54, 1.807) is 18.2 Å². The summed E-state index contributed by atoms with van der Waals surface area (Å²) in [6.07, 6.45) is 6.79. The lowest BCUT2D eigenvalue weighted by atomic mass is 9.53. The van der Waals surface area contributed by atoms with Crippen LogP contribution in [0.15, 0.2) is 72.0 Å². The number of nitrogens with zero attached hydrogens (tertiary/aromatic N) is 2. The molecule has 0 spiro atoms. The van der Waals surface area contributed by atoms with Crippen LogP contribution in [0.5, 0.6) is 5.75 Å². The van der Waals surface area contributed by atoms with Gasteiger partial charge in [0.05, 0.1) is 11.3 Å². The lowest BCUT2D eigenvalue weighted by Gasteiger charge is -2.51. The number of phenols is 1. The van der Waals surface area contributed by atoms with Gasteiger partial charge < -0.3 is 15.6 Å². The fraction of sp³-hybridized carbons (Fsp3) is 0.424. The Balaban J connectivity index is 1.33. The van der Waals surface area contributed by atoms with Gasteiger partial charge in [-0.1, -0.05) is 48.5 Å². The molecule has 1 aromatic heterocycles. The lowest BCUT2D eigenvalue weighted by Crippen LogP contribution is -2.45. The van der Waals surface area contributed by atoms with E-state index in [-0.39, 0.29) is 46.2 Å². The van der Waals surface area contributed by atoms with Crippen LogP contribution in [0.4, 0.5) is 4.39 Å². The third-order valence-electron chi connectivity index (χ3n) is 10.1. The van der Waals surface area contributed by atoms with Gasteiger partial charge in [0.2, 0.25) is 0 Å². The number of benzene rings is 2. The molecule has 40 heavy (non-hydrogen) atoms. The normalized spacial score (nSPS) is 28.8. The predicted molar refractivity (Wildman–Crippen MR) is 151 cm³/mol. The first-order chi connectivity index (χ1) is 19.4. The highest BCUT2D eigenvalue weighted by Crippen LogP contribution is 2.64. The van der Waals surface area contributed by atoms with Crippen molar-refractivity contribution in [2.75, 3.05) is 6.54 Å². The Kier molecular flexibility index (Phi) is 7.07. The summed E-state index contributed by atoms with van der Waals surface area (Å²) < 4.78 is 14.5. The first-order valence-corrected chi connectivity index (χ1v) is 14.4. The maximum atomic E-state index is 14.5. The maximum Gasteiger partial charge on any atom is 0.255 e. The maximum absolute atomic E-state index is 14.5. The minimum Gasteiger partial charge on any atom is -0.507 e. The molecule has 2 aromatic carbocycles. The Morgan fingerprint density at radius 3 is 2.77 bits per heavy atom. The summed E-state index contributed by atoms with van der Waals surface area (Å²) >= 11 is 0. The molecule has 6 atom stereocenters.